The highest BCUT2D eigenvalue weighted by Gasteiger charge is 2.15. The van der Waals surface area contributed by atoms with Crippen molar-refractivity contribution in [2.45, 2.75) is 6.42 Å². The Hall–Kier alpha value is -1.95. The SMILES string of the molecule is COc1cc(F)c(-c2cn[nH]c2CCN)cc1F. The van der Waals surface area contributed by atoms with E-state index >= 15 is 0 Å². The smallest absolute Gasteiger partial charge is 0.165 e. The molecule has 0 saturated carbocycles. The number of halogens is 2. The molecule has 0 spiro atoms. The largest absolute Gasteiger partial charge is 0.494 e. The molecule has 6 heteroatoms. The van der Waals surface area contributed by atoms with E-state index in [0.717, 1.165) is 12.1 Å². The van der Waals surface area contributed by atoms with Crippen LogP contribution in [0.4, 0.5) is 8.78 Å². The van der Waals surface area contributed by atoms with E-state index in [1.54, 1.807) is 0 Å². The van der Waals surface area contributed by atoms with E-state index in [2.05, 4.69) is 10.2 Å². The number of hydrogen-bond donors (Lipinski definition) is 2. The van der Waals surface area contributed by atoms with Gasteiger partial charge in [-0.2, -0.15) is 5.10 Å². The topological polar surface area (TPSA) is 63.9 Å². The summed E-state index contributed by atoms with van der Waals surface area (Å²) in [5, 5.41) is 6.56. The Morgan fingerprint density at radius 1 is 1.28 bits per heavy atom. The van der Waals surface area contributed by atoms with Crippen LogP contribution in [0.2, 0.25) is 0 Å². The molecular formula is C12H13F2N3O. The molecule has 0 aliphatic carbocycles. The number of rotatable bonds is 4. The van der Waals surface area contributed by atoms with Crippen LogP contribution in [0.5, 0.6) is 5.75 Å². The van der Waals surface area contributed by atoms with Crippen molar-refractivity contribution in [2.75, 3.05) is 13.7 Å². The van der Waals surface area contributed by atoms with Gasteiger partial charge < -0.3 is 10.5 Å². The van der Waals surface area contributed by atoms with Crippen molar-refractivity contribution in [3.8, 4) is 16.9 Å². The van der Waals surface area contributed by atoms with Gasteiger partial charge in [0.1, 0.15) is 5.82 Å². The molecular weight excluding hydrogens is 240 g/mol. The summed E-state index contributed by atoms with van der Waals surface area (Å²) in [6.07, 6.45) is 1.97. The van der Waals surface area contributed by atoms with Crippen molar-refractivity contribution in [3.63, 3.8) is 0 Å². The lowest BCUT2D eigenvalue weighted by Gasteiger charge is -2.07. The first-order valence-corrected chi connectivity index (χ1v) is 5.43. The summed E-state index contributed by atoms with van der Waals surface area (Å²) >= 11 is 0. The van der Waals surface area contributed by atoms with Crippen LogP contribution >= 0.6 is 0 Å². The number of benzene rings is 1. The van der Waals surface area contributed by atoms with Crippen LogP contribution < -0.4 is 10.5 Å². The number of aromatic amines is 1. The number of aromatic nitrogens is 2. The van der Waals surface area contributed by atoms with Crippen molar-refractivity contribution in [1.82, 2.24) is 10.2 Å². The zero-order chi connectivity index (χ0) is 13.1. The van der Waals surface area contributed by atoms with E-state index in [9.17, 15) is 8.78 Å². The predicted molar refractivity (Wildman–Crippen MR) is 63.3 cm³/mol. The second-order valence-corrected chi connectivity index (χ2v) is 3.77. The monoisotopic (exact) mass is 253 g/mol. The van der Waals surface area contributed by atoms with Crippen LogP contribution in [-0.2, 0) is 6.42 Å². The molecule has 0 fully saturated rings. The molecule has 3 N–H and O–H groups in total. The summed E-state index contributed by atoms with van der Waals surface area (Å²) in [5.74, 6) is -1.30. The quantitative estimate of drug-likeness (QED) is 0.874. The van der Waals surface area contributed by atoms with Crippen molar-refractivity contribution >= 4 is 0 Å². The Bertz CT molecular complexity index is 554. The fourth-order valence-electron chi connectivity index (χ4n) is 1.77. The molecule has 1 aromatic carbocycles. The predicted octanol–water partition coefficient (Wildman–Crippen LogP) is 1.86. The van der Waals surface area contributed by atoms with E-state index in [4.69, 9.17) is 10.5 Å². The van der Waals surface area contributed by atoms with Crippen LogP contribution in [-0.4, -0.2) is 23.9 Å². The third kappa shape index (κ3) is 2.19. The average Bonchev–Trinajstić information content (AvgIpc) is 2.80. The Labute approximate surface area is 103 Å². The summed E-state index contributed by atoms with van der Waals surface area (Å²) in [5.41, 5.74) is 6.78. The molecule has 0 aliphatic rings. The first kappa shape index (κ1) is 12.5. The highest BCUT2D eigenvalue weighted by Crippen LogP contribution is 2.30. The van der Waals surface area contributed by atoms with Crippen molar-refractivity contribution in [3.05, 3.63) is 35.7 Å². The van der Waals surface area contributed by atoms with Gasteiger partial charge in [-0.25, -0.2) is 8.78 Å². The average molecular weight is 253 g/mol. The molecule has 0 bridgehead atoms. The molecule has 0 saturated heterocycles. The molecule has 4 nitrogen and oxygen atoms in total. The highest BCUT2D eigenvalue weighted by atomic mass is 19.1. The van der Waals surface area contributed by atoms with Gasteiger partial charge in [-0.3, -0.25) is 5.10 Å². The van der Waals surface area contributed by atoms with E-state index in [1.807, 2.05) is 0 Å². The Kier molecular flexibility index (Phi) is 3.57. The number of methoxy groups -OCH3 is 1. The second kappa shape index (κ2) is 5.14. The molecule has 2 aromatic rings. The zero-order valence-corrected chi connectivity index (χ0v) is 9.84. The lowest BCUT2D eigenvalue weighted by Crippen LogP contribution is -2.04. The minimum atomic E-state index is -0.617. The van der Waals surface area contributed by atoms with Crippen LogP contribution in [0.1, 0.15) is 5.69 Å². The Balaban J connectivity index is 2.50. The van der Waals surface area contributed by atoms with Gasteiger partial charge >= 0.3 is 0 Å². The molecule has 0 aliphatic heterocycles. The van der Waals surface area contributed by atoms with E-state index in [-0.39, 0.29) is 11.3 Å². The lowest BCUT2D eigenvalue weighted by molar-refractivity contribution is 0.383. The summed E-state index contributed by atoms with van der Waals surface area (Å²) in [7, 11) is 1.29. The van der Waals surface area contributed by atoms with Gasteiger partial charge in [0.15, 0.2) is 11.6 Å². The number of nitrogens with two attached hydrogens (primary N) is 1. The molecule has 0 amide bonds. The van der Waals surface area contributed by atoms with Crippen molar-refractivity contribution in [2.24, 2.45) is 5.73 Å². The number of hydrogen-bond acceptors (Lipinski definition) is 3. The maximum absolute atomic E-state index is 13.9. The van der Waals surface area contributed by atoms with E-state index in [1.165, 1.54) is 13.3 Å². The summed E-state index contributed by atoms with van der Waals surface area (Å²) in [6.45, 7) is 0.398. The molecule has 1 aromatic heterocycles. The van der Waals surface area contributed by atoms with Gasteiger partial charge in [-0.15, -0.1) is 0 Å². The fourth-order valence-corrected chi connectivity index (χ4v) is 1.77. The number of nitrogens with zero attached hydrogens (tertiary/aromatic N) is 1. The van der Waals surface area contributed by atoms with Gasteiger partial charge in [0.05, 0.1) is 13.3 Å². The van der Waals surface area contributed by atoms with Crippen LogP contribution in [0.25, 0.3) is 11.1 Å². The summed E-state index contributed by atoms with van der Waals surface area (Å²) in [6, 6.07) is 2.11. The minimum Gasteiger partial charge on any atom is -0.494 e. The van der Waals surface area contributed by atoms with Gasteiger partial charge in [0, 0.05) is 29.3 Å². The summed E-state index contributed by atoms with van der Waals surface area (Å²) in [4.78, 5) is 0. The number of H-pyrrole nitrogens is 1. The lowest BCUT2D eigenvalue weighted by atomic mass is 10.0. The first-order valence-electron chi connectivity index (χ1n) is 5.43. The van der Waals surface area contributed by atoms with Crippen LogP contribution in [0.3, 0.4) is 0 Å². The molecule has 1 heterocycles. The molecule has 2 rings (SSSR count). The van der Waals surface area contributed by atoms with Gasteiger partial charge in [-0.05, 0) is 12.6 Å². The van der Waals surface area contributed by atoms with Crippen LogP contribution in [0.15, 0.2) is 18.3 Å². The molecule has 0 radical (unpaired) electrons. The first-order chi connectivity index (χ1) is 8.67. The van der Waals surface area contributed by atoms with Crippen molar-refractivity contribution in [1.29, 1.82) is 0 Å². The molecule has 96 valence electrons. The Morgan fingerprint density at radius 2 is 2.06 bits per heavy atom. The maximum Gasteiger partial charge on any atom is 0.165 e. The van der Waals surface area contributed by atoms with Gasteiger partial charge in [0.25, 0.3) is 0 Å². The third-order valence-electron chi connectivity index (χ3n) is 2.64. The fraction of sp³-hybridized carbons (Fsp3) is 0.250. The zero-order valence-electron chi connectivity index (χ0n) is 9.84. The summed E-state index contributed by atoms with van der Waals surface area (Å²) < 4.78 is 32.2. The second-order valence-electron chi connectivity index (χ2n) is 3.77. The Morgan fingerprint density at radius 3 is 2.72 bits per heavy atom. The van der Waals surface area contributed by atoms with Crippen molar-refractivity contribution < 1.29 is 13.5 Å². The highest BCUT2D eigenvalue weighted by molar-refractivity contribution is 5.67. The minimum absolute atomic E-state index is 0.125. The van der Waals surface area contributed by atoms with Crippen LogP contribution in [0, 0.1) is 11.6 Å². The van der Waals surface area contributed by atoms with Gasteiger partial charge in [0.2, 0.25) is 0 Å². The van der Waals surface area contributed by atoms with Gasteiger partial charge in [-0.1, -0.05) is 0 Å². The third-order valence-corrected chi connectivity index (χ3v) is 2.64. The molecule has 0 unspecified atom stereocenters. The van der Waals surface area contributed by atoms with E-state index in [0.29, 0.717) is 24.2 Å². The maximum atomic E-state index is 13.9. The molecule has 0 atom stereocenters. The standard InChI is InChI=1S/C12H13F2N3O/c1-18-12-5-9(13)7(4-10(12)14)8-6-16-17-11(8)2-3-15/h4-6H,2-3,15H2,1H3,(H,16,17). The normalized spacial score (nSPS) is 10.7. The number of nitrogens with one attached hydrogen (secondary N) is 1. The van der Waals surface area contributed by atoms with E-state index < -0.39 is 11.6 Å². The number of ether oxygens (including phenoxy) is 1. The molecule has 18 heavy (non-hydrogen) atoms.